The molecule has 0 spiro atoms. The first-order chi connectivity index (χ1) is 28.5. The molecule has 13 heteroatoms. The number of aliphatic imine (C=N–C) groups is 1. The third-order valence-electron chi connectivity index (χ3n) is 11.6. The van der Waals surface area contributed by atoms with Crippen molar-refractivity contribution in [3.05, 3.63) is 113 Å². The molecular formula is C46H51N5O8. The molecule has 13 nitrogen and oxygen atoms in total. The van der Waals surface area contributed by atoms with Crippen molar-refractivity contribution in [1.82, 2.24) is 20.0 Å². The van der Waals surface area contributed by atoms with Crippen molar-refractivity contribution in [3.8, 4) is 23.0 Å². The Morgan fingerprint density at radius 1 is 0.949 bits per heavy atom. The number of phenols is 2. The molecule has 2 saturated heterocycles. The van der Waals surface area contributed by atoms with E-state index in [1.54, 1.807) is 59.3 Å². The summed E-state index contributed by atoms with van der Waals surface area (Å²) in [6, 6.07) is 25.1. The quantitative estimate of drug-likeness (QED) is 0.0784. The maximum absolute atomic E-state index is 13.2. The highest BCUT2D eigenvalue weighted by Gasteiger charge is 2.40. The largest absolute Gasteiger partial charge is 0.508 e. The number of nitrogens with one attached hydrogen (secondary N) is 1. The summed E-state index contributed by atoms with van der Waals surface area (Å²) in [5, 5.41) is 22.6. The highest BCUT2D eigenvalue weighted by Crippen LogP contribution is 2.46. The molecule has 0 aromatic heterocycles. The number of nitrogens with zero attached hydrogens (tertiary/aromatic N) is 4. The number of hydrogen-bond acceptors (Lipinski definition) is 11. The van der Waals surface area contributed by atoms with Crippen molar-refractivity contribution in [1.29, 1.82) is 0 Å². The molecule has 0 aliphatic carbocycles. The van der Waals surface area contributed by atoms with Crippen LogP contribution in [0.3, 0.4) is 0 Å². The molecule has 3 N–H and O–H groups in total. The second kappa shape index (κ2) is 18.3. The number of imide groups is 1. The van der Waals surface area contributed by atoms with E-state index in [-0.39, 0.29) is 48.8 Å². The molecule has 7 rings (SSSR count). The number of aromatic hydroxyl groups is 2. The zero-order chi connectivity index (χ0) is 41.5. The number of hydrogen-bond donors (Lipinski definition) is 3. The molecule has 4 aromatic rings. The summed E-state index contributed by atoms with van der Waals surface area (Å²) in [4.78, 5) is 60.0. The van der Waals surface area contributed by atoms with Crippen molar-refractivity contribution >= 4 is 35.4 Å². The lowest BCUT2D eigenvalue weighted by atomic mass is 9.73. The Kier molecular flexibility index (Phi) is 12.7. The van der Waals surface area contributed by atoms with Crippen LogP contribution in [0.1, 0.15) is 65.2 Å². The number of carbonyl (C=O) groups excluding carboxylic acids is 4. The van der Waals surface area contributed by atoms with E-state index in [0.29, 0.717) is 49.4 Å². The number of benzene rings is 4. The van der Waals surface area contributed by atoms with Gasteiger partial charge >= 0.3 is 0 Å². The lowest BCUT2D eigenvalue weighted by Crippen LogP contribution is -2.51. The van der Waals surface area contributed by atoms with Crippen LogP contribution in [0.5, 0.6) is 23.0 Å². The van der Waals surface area contributed by atoms with Crippen LogP contribution in [0, 0.1) is 0 Å². The Morgan fingerprint density at radius 3 is 2.42 bits per heavy atom. The molecule has 3 heterocycles. The maximum Gasteiger partial charge on any atom is 0.260 e. The zero-order valence-electron chi connectivity index (χ0n) is 33.6. The Labute approximate surface area is 344 Å². The highest BCUT2D eigenvalue weighted by atomic mass is 16.5. The number of amides is 3. The lowest BCUT2D eigenvalue weighted by molar-refractivity contribution is -0.137. The van der Waals surface area contributed by atoms with Gasteiger partial charge in [-0.05, 0) is 124 Å². The SMILES string of the molecule is CN(Cc1c(C=O)cccc1OCC(=O)N1CCN(CCCCOc2ccc(CC3(C)C(c4ccc(O)cc4)=Nc4ccc(O)cc43)cc2)CC1)C1CCC(=O)NC1=O. The summed E-state index contributed by atoms with van der Waals surface area (Å²) in [6.45, 7) is 6.43. The first-order valence-electron chi connectivity index (χ1n) is 20.2. The van der Waals surface area contributed by atoms with Gasteiger partial charge < -0.3 is 24.6 Å². The fraction of sp³-hybridized carbons (Fsp3) is 0.370. The Hall–Kier alpha value is -6.05. The number of piperidine rings is 1. The maximum atomic E-state index is 13.2. The molecule has 0 radical (unpaired) electrons. The smallest absolute Gasteiger partial charge is 0.260 e. The molecule has 2 fully saturated rings. The van der Waals surface area contributed by atoms with Crippen LogP contribution in [0.4, 0.5) is 5.69 Å². The molecule has 2 unspecified atom stereocenters. The summed E-state index contributed by atoms with van der Waals surface area (Å²) in [5.74, 6) is 0.836. The van der Waals surface area contributed by atoms with Crippen LogP contribution in [-0.2, 0) is 32.8 Å². The molecule has 0 bridgehead atoms. The number of rotatable bonds is 16. The monoisotopic (exact) mass is 801 g/mol. The third-order valence-corrected chi connectivity index (χ3v) is 11.6. The van der Waals surface area contributed by atoms with Crippen LogP contribution in [0.25, 0.3) is 0 Å². The van der Waals surface area contributed by atoms with Crippen molar-refractivity contribution < 1.29 is 38.9 Å². The summed E-state index contributed by atoms with van der Waals surface area (Å²) in [5.41, 5.74) is 5.23. The molecule has 59 heavy (non-hydrogen) atoms. The van der Waals surface area contributed by atoms with Gasteiger partial charge in [0.2, 0.25) is 11.8 Å². The lowest BCUT2D eigenvalue weighted by Gasteiger charge is -2.34. The Morgan fingerprint density at radius 2 is 1.69 bits per heavy atom. The predicted octanol–water partition coefficient (Wildman–Crippen LogP) is 5.16. The number of likely N-dealkylation sites (N-methyl/N-ethyl adjacent to an activating group) is 1. The molecule has 2 atom stereocenters. The van der Waals surface area contributed by atoms with Gasteiger partial charge in [0.25, 0.3) is 5.91 Å². The van der Waals surface area contributed by atoms with E-state index in [4.69, 9.17) is 14.5 Å². The van der Waals surface area contributed by atoms with E-state index >= 15 is 0 Å². The van der Waals surface area contributed by atoms with Crippen molar-refractivity contribution in [2.75, 3.05) is 53.0 Å². The standard InChI is InChI=1S/C46H51N5O8/c1-46(38-26-35(54)14-17-39(38)47-44(46)32-10-12-34(53)13-11-32)27-31-8-15-36(16-9-31)58-25-4-3-20-50-21-23-51(24-22-50)43(56)30-59-41-7-5-6-33(29-52)37(41)28-49(2)40-18-19-42(55)48-45(40)57/h5-17,26,29,40,53-54H,3-4,18-25,27-28,30H2,1-2H3,(H,48,55,57). The third kappa shape index (κ3) is 9.64. The second-order valence-corrected chi connectivity index (χ2v) is 15.8. The van der Waals surface area contributed by atoms with Gasteiger partial charge in [-0.15, -0.1) is 0 Å². The predicted molar refractivity (Wildman–Crippen MR) is 223 cm³/mol. The minimum Gasteiger partial charge on any atom is -0.508 e. The van der Waals surface area contributed by atoms with E-state index in [0.717, 1.165) is 72.6 Å². The van der Waals surface area contributed by atoms with E-state index in [9.17, 15) is 29.4 Å². The first-order valence-corrected chi connectivity index (χ1v) is 20.2. The molecule has 3 amide bonds. The second-order valence-electron chi connectivity index (χ2n) is 15.8. The van der Waals surface area contributed by atoms with Crippen molar-refractivity contribution in [2.24, 2.45) is 4.99 Å². The number of carbonyl (C=O) groups is 4. The molecule has 3 aliphatic rings. The molecule has 0 saturated carbocycles. The highest BCUT2D eigenvalue weighted by molar-refractivity contribution is 6.13. The number of aldehydes is 1. The number of phenolic OH excluding ortho intramolecular Hbond substituents is 2. The van der Waals surface area contributed by atoms with E-state index < -0.39 is 11.5 Å². The summed E-state index contributed by atoms with van der Waals surface area (Å²) < 4.78 is 12.1. The number of fused-ring (bicyclic) bond motifs is 1. The number of unbranched alkanes of at least 4 members (excludes halogenated alkanes) is 1. The van der Waals surface area contributed by atoms with Crippen LogP contribution < -0.4 is 14.8 Å². The van der Waals surface area contributed by atoms with Crippen LogP contribution in [0.15, 0.2) is 89.9 Å². The first kappa shape index (κ1) is 41.1. The summed E-state index contributed by atoms with van der Waals surface area (Å²) in [7, 11) is 1.76. The average Bonchev–Trinajstić information content (AvgIpc) is 3.51. The van der Waals surface area contributed by atoms with Gasteiger partial charge in [0.05, 0.1) is 24.0 Å². The van der Waals surface area contributed by atoms with Crippen molar-refractivity contribution in [2.45, 2.75) is 57.0 Å². The Balaban J connectivity index is 0.832. The molecular weight excluding hydrogens is 751 g/mol. The zero-order valence-corrected chi connectivity index (χ0v) is 33.6. The Bertz CT molecular complexity index is 2200. The topological polar surface area (TPSA) is 161 Å². The molecule has 3 aliphatic heterocycles. The fourth-order valence-corrected chi connectivity index (χ4v) is 8.27. The number of piperazine rings is 1. The van der Waals surface area contributed by atoms with Gasteiger partial charge in [-0.3, -0.25) is 39.3 Å². The van der Waals surface area contributed by atoms with Gasteiger partial charge in [-0.2, -0.15) is 0 Å². The fourth-order valence-electron chi connectivity index (χ4n) is 8.27. The minimum atomic E-state index is -0.512. The summed E-state index contributed by atoms with van der Waals surface area (Å²) >= 11 is 0. The summed E-state index contributed by atoms with van der Waals surface area (Å²) in [6.07, 6.45) is 3.89. The van der Waals surface area contributed by atoms with Gasteiger partial charge in [0.1, 0.15) is 23.0 Å². The van der Waals surface area contributed by atoms with Gasteiger partial charge in [0, 0.05) is 55.7 Å². The van der Waals surface area contributed by atoms with E-state index in [2.05, 4.69) is 29.3 Å². The van der Waals surface area contributed by atoms with Crippen molar-refractivity contribution in [3.63, 3.8) is 0 Å². The molecule has 308 valence electrons. The van der Waals surface area contributed by atoms with Gasteiger partial charge in [-0.25, -0.2) is 0 Å². The van der Waals surface area contributed by atoms with Crippen LogP contribution in [0.2, 0.25) is 0 Å². The van der Waals surface area contributed by atoms with Crippen LogP contribution >= 0.6 is 0 Å². The normalized spacial score (nSPS) is 19.3. The van der Waals surface area contributed by atoms with E-state index in [1.165, 1.54) is 0 Å². The van der Waals surface area contributed by atoms with E-state index in [1.807, 2.05) is 30.3 Å². The average molecular weight is 802 g/mol. The molecule has 4 aromatic carbocycles. The van der Waals surface area contributed by atoms with Crippen LogP contribution in [-0.4, -0.2) is 114 Å². The van der Waals surface area contributed by atoms with Gasteiger partial charge in [-0.1, -0.05) is 24.3 Å². The van der Waals surface area contributed by atoms with Gasteiger partial charge in [0.15, 0.2) is 12.9 Å². The minimum absolute atomic E-state index is 0.127. The number of ether oxygens (including phenoxy) is 2.